The Balaban J connectivity index is 1.38. The predicted molar refractivity (Wildman–Crippen MR) is 141 cm³/mol. The first-order valence-electron chi connectivity index (χ1n) is 12.9. The van der Waals surface area contributed by atoms with Crippen molar-refractivity contribution >= 4 is 32.0 Å². The molecule has 0 aliphatic carbocycles. The summed E-state index contributed by atoms with van der Waals surface area (Å²) in [6, 6.07) is 5.35. The molecular weight excluding hydrogens is 532 g/mol. The smallest absolute Gasteiger partial charge is 0.324 e. The highest BCUT2D eigenvalue weighted by Crippen LogP contribution is 2.27. The van der Waals surface area contributed by atoms with Gasteiger partial charge in [-0.2, -0.15) is 9.29 Å². The van der Waals surface area contributed by atoms with Gasteiger partial charge >= 0.3 is 6.01 Å². The van der Waals surface area contributed by atoms with Crippen LogP contribution in [0.2, 0.25) is 0 Å². The van der Waals surface area contributed by atoms with E-state index in [1.54, 1.807) is 18.7 Å². The summed E-state index contributed by atoms with van der Waals surface area (Å²) in [7, 11) is -7.61. The van der Waals surface area contributed by atoms with E-state index in [9.17, 15) is 21.6 Å². The van der Waals surface area contributed by atoms with Crippen LogP contribution in [0.15, 0.2) is 38.6 Å². The minimum Gasteiger partial charge on any atom is -0.339 e. The molecular formula is C24H36N6O6S2. The molecule has 1 atom stereocenters. The fraction of sp³-hybridized carbons (Fsp3) is 0.625. The summed E-state index contributed by atoms with van der Waals surface area (Å²) in [5.74, 6) is 0.314. The van der Waals surface area contributed by atoms with E-state index in [4.69, 9.17) is 4.52 Å². The molecule has 12 nitrogen and oxygen atoms in total. The number of aromatic nitrogens is 2. The molecule has 210 valence electrons. The van der Waals surface area contributed by atoms with Gasteiger partial charge in [0.15, 0.2) is 5.82 Å². The van der Waals surface area contributed by atoms with Crippen molar-refractivity contribution in [2.75, 3.05) is 44.2 Å². The van der Waals surface area contributed by atoms with Crippen LogP contribution in [0, 0.1) is 5.92 Å². The molecule has 3 heterocycles. The zero-order valence-corrected chi connectivity index (χ0v) is 23.8. The Labute approximate surface area is 224 Å². The number of hydrogen-bond acceptors (Lipinski definition) is 9. The highest BCUT2D eigenvalue weighted by atomic mass is 32.2. The summed E-state index contributed by atoms with van der Waals surface area (Å²) >= 11 is 0. The minimum atomic E-state index is -3.88. The van der Waals surface area contributed by atoms with Crippen LogP contribution < -0.4 is 9.62 Å². The van der Waals surface area contributed by atoms with Gasteiger partial charge in [-0.15, -0.1) is 0 Å². The monoisotopic (exact) mass is 568 g/mol. The fourth-order valence-electron chi connectivity index (χ4n) is 4.65. The van der Waals surface area contributed by atoms with E-state index < -0.39 is 26.0 Å². The number of carbonyl (C=O) groups is 1. The number of benzene rings is 1. The lowest BCUT2D eigenvalue weighted by molar-refractivity contribution is -0.137. The van der Waals surface area contributed by atoms with Crippen molar-refractivity contribution in [1.29, 1.82) is 0 Å². The summed E-state index contributed by atoms with van der Waals surface area (Å²) in [5.41, 5.74) is 0. The van der Waals surface area contributed by atoms with E-state index in [-0.39, 0.29) is 34.2 Å². The average Bonchev–Trinajstić information content (AvgIpc) is 3.39. The number of hydrogen-bond donors (Lipinski definition) is 1. The SMILES string of the molecule is CC(C)NS(=O)(=O)c1ccc(S(=O)(=O)N2CCCC(C(=O)N3CCN(c4nc(C(C)C)no4)CC3)C2)cc1. The summed E-state index contributed by atoms with van der Waals surface area (Å²) in [6.45, 7) is 9.89. The molecule has 0 radical (unpaired) electrons. The molecule has 38 heavy (non-hydrogen) atoms. The first-order chi connectivity index (χ1) is 17.9. The van der Waals surface area contributed by atoms with Gasteiger partial charge in [0.25, 0.3) is 0 Å². The van der Waals surface area contributed by atoms with Crippen molar-refractivity contribution < 1.29 is 26.2 Å². The molecule has 2 fully saturated rings. The van der Waals surface area contributed by atoms with Gasteiger partial charge in [0.2, 0.25) is 26.0 Å². The number of carbonyl (C=O) groups excluding carboxylic acids is 1. The van der Waals surface area contributed by atoms with Gasteiger partial charge < -0.3 is 14.3 Å². The van der Waals surface area contributed by atoms with Crippen LogP contribution in [0.4, 0.5) is 6.01 Å². The van der Waals surface area contributed by atoms with Gasteiger partial charge in [0.05, 0.1) is 15.7 Å². The summed E-state index contributed by atoms with van der Waals surface area (Å²) in [5, 5.41) is 4.00. The lowest BCUT2D eigenvalue weighted by Gasteiger charge is -2.38. The van der Waals surface area contributed by atoms with Crippen molar-refractivity contribution in [3.05, 3.63) is 30.1 Å². The van der Waals surface area contributed by atoms with E-state index >= 15 is 0 Å². The number of anilines is 1. The number of sulfonamides is 2. The number of rotatable bonds is 8. The molecule has 1 amide bonds. The maximum atomic E-state index is 13.3. The topological polar surface area (TPSA) is 146 Å². The molecule has 2 aliphatic rings. The second-order valence-electron chi connectivity index (χ2n) is 10.4. The standard InChI is InChI=1S/C24H36N6O6S2/c1-17(2)22-25-24(36-26-22)29-14-12-28(13-15-29)23(31)19-6-5-11-30(16-19)38(34,35)21-9-7-20(8-10-21)37(32,33)27-18(3)4/h7-10,17-19,27H,5-6,11-16H2,1-4H3. The second-order valence-corrected chi connectivity index (χ2v) is 14.0. The zero-order valence-electron chi connectivity index (χ0n) is 22.2. The Morgan fingerprint density at radius 1 is 0.974 bits per heavy atom. The highest BCUT2D eigenvalue weighted by molar-refractivity contribution is 7.89. The van der Waals surface area contributed by atoms with Gasteiger partial charge in [-0.3, -0.25) is 4.79 Å². The lowest BCUT2D eigenvalue weighted by Crippen LogP contribution is -2.53. The fourth-order valence-corrected chi connectivity index (χ4v) is 7.42. The summed E-state index contributed by atoms with van der Waals surface area (Å²) in [4.78, 5) is 21.5. The molecule has 1 N–H and O–H groups in total. The quantitative estimate of drug-likeness (QED) is 0.502. The molecule has 0 saturated carbocycles. The molecule has 1 aromatic carbocycles. The van der Waals surface area contributed by atoms with Crippen molar-refractivity contribution in [1.82, 2.24) is 24.1 Å². The molecule has 0 bridgehead atoms. The van der Waals surface area contributed by atoms with E-state index in [2.05, 4.69) is 14.9 Å². The Kier molecular flexibility index (Phi) is 8.45. The normalized spacial score (nSPS) is 19.9. The number of amides is 1. The lowest BCUT2D eigenvalue weighted by atomic mass is 9.98. The largest absolute Gasteiger partial charge is 0.339 e. The van der Waals surface area contributed by atoms with Crippen LogP contribution in [0.3, 0.4) is 0 Å². The average molecular weight is 569 g/mol. The van der Waals surface area contributed by atoms with Crippen LogP contribution in [-0.2, 0) is 24.8 Å². The number of piperidine rings is 1. The third-order valence-corrected chi connectivity index (χ3v) is 10.3. The molecule has 2 aliphatic heterocycles. The highest BCUT2D eigenvalue weighted by Gasteiger charge is 2.36. The summed E-state index contributed by atoms with van der Waals surface area (Å²) < 4.78 is 60.6. The molecule has 1 unspecified atom stereocenters. The maximum absolute atomic E-state index is 13.3. The Morgan fingerprint density at radius 2 is 1.61 bits per heavy atom. The van der Waals surface area contributed by atoms with Crippen LogP contribution in [-0.4, -0.2) is 87.4 Å². The van der Waals surface area contributed by atoms with E-state index in [1.807, 2.05) is 18.7 Å². The van der Waals surface area contributed by atoms with Crippen LogP contribution >= 0.6 is 0 Å². The van der Waals surface area contributed by atoms with Crippen LogP contribution in [0.25, 0.3) is 0 Å². The van der Waals surface area contributed by atoms with Crippen molar-refractivity contribution in [3.63, 3.8) is 0 Å². The molecule has 2 saturated heterocycles. The molecule has 4 rings (SSSR count). The maximum Gasteiger partial charge on any atom is 0.324 e. The molecule has 0 spiro atoms. The third-order valence-electron chi connectivity index (χ3n) is 6.71. The van der Waals surface area contributed by atoms with E-state index in [0.29, 0.717) is 57.4 Å². The molecule has 2 aromatic rings. The molecule has 14 heteroatoms. The van der Waals surface area contributed by atoms with Gasteiger partial charge in [-0.1, -0.05) is 19.0 Å². The predicted octanol–water partition coefficient (Wildman–Crippen LogP) is 1.63. The Bertz CT molecular complexity index is 1330. The first-order valence-corrected chi connectivity index (χ1v) is 15.8. The first kappa shape index (κ1) is 28.5. The second kappa shape index (κ2) is 11.3. The Hall–Kier alpha value is -2.55. The van der Waals surface area contributed by atoms with Gasteiger partial charge in [0, 0.05) is 51.2 Å². The summed E-state index contributed by atoms with van der Waals surface area (Å²) in [6.07, 6.45) is 1.19. The third kappa shape index (κ3) is 6.19. The van der Waals surface area contributed by atoms with Crippen molar-refractivity contribution in [2.45, 2.75) is 62.3 Å². The van der Waals surface area contributed by atoms with Gasteiger partial charge in [-0.05, 0) is 51.0 Å². The van der Waals surface area contributed by atoms with E-state index in [0.717, 1.165) is 0 Å². The number of nitrogens with one attached hydrogen (secondary N) is 1. The number of nitrogens with zero attached hydrogens (tertiary/aromatic N) is 5. The van der Waals surface area contributed by atoms with Crippen LogP contribution in [0.5, 0.6) is 0 Å². The molecule has 1 aromatic heterocycles. The minimum absolute atomic E-state index is 0.00281. The van der Waals surface area contributed by atoms with Crippen molar-refractivity contribution in [2.24, 2.45) is 5.92 Å². The zero-order chi connectivity index (χ0) is 27.7. The van der Waals surface area contributed by atoms with Crippen molar-refractivity contribution in [3.8, 4) is 0 Å². The van der Waals surface area contributed by atoms with Gasteiger partial charge in [0.1, 0.15) is 0 Å². The van der Waals surface area contributed by atoms with Crippen LogP contribution in [0.1, 0.15) is 52.3 Å². The van der Waals surface area contributed by atoms with Gasteiger partial charge in [-0.25, -0.2) is 21.6 Å². The number of piperazine rings is 1. The van der Waals surface area contributed by atoms with E-state index in [1.165, 1.54) is 28.6 Å². The Morgan fingerprint density at radius 3 is 2.18 bits per heavy atom.